The van der Waals surface area contributed by atoms with Crippen molar-refractivity contribution in [2.75, 3.05) is 5.01 Å². The Hall–Kier alpha value is -2.45. The van der Waals surface area contributed by atoms with Gasteiger partial charge in [0.05, 0.1) is 5.69 Å². The number of nitrogens with zero attached hydrogens (tertiary/aromatic N) is 1. The van der Waals surface area contributed by atoms with Crippen LogP contribution in [0.25, 0.3) is 0 Å². The number of nitrogens with two attached hydrogens (primary N) is 1. The molecule has 0 saturated carbocycles. The van der Waals surface area contributed by atoms with Gasteiger partial charge in [0.2, 0.25) is 0 Å². The summed E-state index contributed by atoms with van der Waals surface area (Å²) in [6, 6.07) is 11.7. The van der Waals surface area contributed by atoms with Gasteiger partial charge in [-0.2, -0.15) is 8.78 Å². The average Bonchev–Trinajstić information content (AvgIpc) is 2.52. The van der Waals surface area contributed by atoms with Crippen LogP contribution >= 0.6 is 23.8 Å². The van der Waals surface area contributed by atoms with Crippen LogP contribution in [0.5, 0.6) is 5.75 Å². The molecule has 0 atom stereocenters. The van der Waals surface area contributed by atoms with Crippen molar-refractivity contribution in [2.45, 2.75) is 6.61 Å². The Morgan fingerprint density at radius 1 is 1.25 bits per heavy atom. The van der Waals surface area contributed by atoms with E-state index >= 15 is 0 Å². The number of halogens is 3. The highest BCUT2D eigenvalue weighted by Crippen LogP contribution is 2.19. The number of hydrogen-bond donors (Lipinski definition) is 2. The molecular weight excluding hydrogens is 360 g/mol. The first-order valence-corrected chi connectivity index (χ1v) is 7.36. The Bertz CT molecular complexity index is 744. The second-order valence-corrected chi connectivity index (χ2v) is 5.35. The van der Waals surface area contributed by atoms with E-state index in [-0.39, 0.29) is 16.4 Å². The monoisotopic (exact) mass is 371 g/mol. The normalized spacial score (nSPS) is 10.3. The molecule has 0 saturated heterocycles. The Labute approximate surface area is 146 Å². The lowest BCUT2D eigenvalue weighted by atomic mass is 10.2. The minimum atomic E-state index is -2.93. The number of anilines is 1. The van der Waals surface area contributed by atoms with E-state index in [0.29, 0.717) is 10.7 Å². The van der Waals surface area contributed by atoms with Gasteiger partial charge < -0.3 is 10.5 Å². The summed E-state index contributed by atoms with van der Waals surface area (Å²) in [7, 11) is 0. The number of carbonyl (C=O) groups is 1. The number of carbonyl (C=O) groups excluding carboxylic acids is 1. The summed E-state index contributed by atoms with van der Waals surface area (Å²) in [5.74, 6) is -0.589. The fraction of sp³-hybridized carbons (Fsp3) is 0.0667. The number of hydrazine groups is 1. The zero-order valence-electron chi connectivity index (χ0n) is 12.1. The fourth-order valence-electron chi connectivity index (χ4n) is 1.82. The number of ether oxygens (including phenoxy) is 1. The van der Waals surface area contributed by atoms with Crippen LogP contribution in [0.2, 0.25) is 5.02 Å². The summed E-state index contributed by atoms with van der Waals surface area (Å²) >= 11 is 10.8. The molecule has 0 aliphatic carbocycles. The van der Waals surface area contributed by atoms with Crippen molar-refractivity contribution in [1.82, 2.24) is 5.43 Å². The van der Waals surface area contributed by atoms with Gasteiger partial charge in [0.25, 0.3) is 5.91 Å². The molecule has 126 valence electrons. The summed E-state index contributed by atoms with van der Waals surface area (Å²) in [4.78, 5) is 12.3. The van der Waals surface area contributed by atoms with Crippen molar-refractivity contribution >= 4 is 40.5 Å². The highest BCUT2D eigenvalue weighted by Gasteiger charge is 2.15. The van der Waals surface area contributed by atoms with Crippen LogP contribution in [-0.4, -0.2) is 17.6 Å². The predicted octanol–water partition coefficient (Wildman–Crippen LogP) is 3.34. The van der Waals surface area contributed by atoms with E-state index in [9.17, 15) is 13.6 Å². The Kier molecular flexibility index (Phi) is 5.88. The molecule has 0 unspecified atom stereocenters. The highest BCUT2D eigenvalue weighted by molar-refractivity contribution is 7.80. The van der Waals surface area contributed by atoms with Gasteiger partial charge in [0.15, 0.2) is 5.11 Å². The molecule has 0 radical (unpaired) electrons. The van der Waals surface area contributed by atoms with Crippen LogP contribution in [0, 0.1) is 0 Å². The van der Waals surface area contributed by atoms with E-state index in [2.05, 4.69) is 10.2 Å². The van der Waals surface area contributed by atoms with Crippen LogP contribution in [0.3, 0.4) is 0 Å². The van der Waals surface area contributed by atoms with E-state index in [1.54, 1.807) is 24.3 Å². The van der Waals surface area contributed by atoms with E-state index < -0.39 is 12.5 Å². The van der Waals surface area contributed by atoms with Gasteiger partial charge in [-0.15, -0.1) is 0 Å². The van der Waals surface area contributed by atoms with Crippen molar-refractivity contribution in [2.24, 2.45) is 5.73 Å². The molecule has 0 heterocycles. The molecule has 2 rings (SSSR count). The van der Waals surface area contributed by atoms with Gasteiger partial charge in [0, 0.05) is 10.6 Å². The molecule has 2 aromatic carbocycles. The molecule has 24 heavy (non-hydrogen) atoms. The van der Waals surface area contributed by atoms with Gasteiger partial charge in [-0.05, 0) is 54.7 Å². The van der Waals surface area contributed by atoms with Crippen molar-refractivity contribution < 1.29 is 18.3 Å². The zero-order valence-corrected chi connectivity index (χ0v) is 13.7. The first-order chi connectivity index (χ1) is 11.4. The van der Waals surface area contributed by atoms with E-state index in [1.807, 2.05) is 0 Å². The smallest absolute Gasteiger partial charge is 0.387 e. The molecule has 0 aromatic heterocycles. The third kappa shape index (κ3) is 4.77. The van der Waals surface area contributed by atoms with Gasteiger partial charge in [-0.3, -0.25) is 10.2 Å². The molecular formula is C15H12ClF2N3O2S. The number of benzene rings is 2. The lowest BCUT2D eigenvalue weighted by molar-refractivity contribution is -0.0498. The van der Waals surface area contributed by atoms with Crippen LogP contribution in [-0.2, 0) is 0 Å². The molecule has 0 spiro atoms. The average molecular weight is 372 g/mol. The van der Waals surface area contributed by atoms with Crippen molar-refractivity contribution in [3.63, 3.8) is 0 Å². The molecule has 1 amide bonds. The summed E-state index contributed by atoms with van der Waals surface area (Å²) in [5, 5.41) is 1.53. The Morgan fingerprint density at radius 3 is 2.46 bits per heavy atom. The summed E-state index contributed by atoms with van der Waals surface area (Å²) in [5.41, 5.74) is 8.82. The molecule has 3 N–H and O–H groups in total. The highest BCUT2D eigenvalue weighted by atomic mass is 35.5. The van der Waals surface area contributed by atoms with Gasteiger partial charge in [-0.1, -0.05) is 17.7 Å². The maximum absolute atomic E-state index is 12.3. The van der Waals surface area contributed by atoms with Crippen LogP contribution in [0.4, 0.5) is 14.5 Å². The van der Waals surface area contributed by atoms with Gasteiger partial charge in [0.1, 0.15) is 5.75 Å². The fourth-order valence-corrected chi connectivity index (χ4v) is 2.15. The number of rotatable bonds is 4. The molecule has 0 aliphatic heterocycles. The number of amides is 1. The third-order valence-corrected chi connectivity index (χ3v) is 3.26. The summed E-state index contributed by atoms with van der Waals surface area (Å²) < 4.78 is 28.4. The standard InChI is InChI=1S/C15H12ClF2N3O2S/c16-10-2-1-3-11(8-10)21(15(19)24)20-13(22)9-4-6-12(7-5-9)23-14(17)18/h1-8,14H,(H2,19,24)(H,20,22). The molecule has 5 nitrogen and oxygen atoms in total. The number of alkyl halides is 2. The Morgan fingerprint density at radius 2 is 1.92 bits per heavy atom. The largest absolute Gasteiger partial charge is 0.435 e. The quantitative estimate of drug-likeness (QED) is 0.637. The Balaban J connectivity index is 2.15. The maximum atomic E-state index is 12.3. The van der Waals surface area contributed by atoms with E-state index in [4.69, 9.17) is 29.6 Å². The SMILES string of the molecule is NC(=S)N(NC(=O)c1ccc(OC(F)F)cc1)c1cccc(Cl)c1. The first-order valence-electron chi connectivity index (χ1n) is 6.58. The first kappa shape index (κ1) is 17.9. The van der Waals surface area contributed by atoms with Crippen LogP contribution in [0.15, 0.2) is 48.5 Å². The third-order valence-electron chi connectivity index (χ3n) is 2.84. The van der Waals surface area contributed by atoms with Crippen molar-refractivity contribution in [3.05, 3.63) is 59.1 Å². The predicted molar refractivity (Wildman–Crippen MR) is 91.3 cm³/mol. The second kappa shape index (κ2) is 7.89. The van der Waals surface area contributed by atoms with Crippen molar-refractivity contribution in [1.29, 1.82) is 0 Å². The lowest BCUT2D eigenvalue weighted by Gasteiger charge is -2.23. The molecule has 0 bridgehead atoms. The lowest BCUT2D eigenvalue weighted by Crippen LogP contribution is -2.49. The van der Waals surface area contributed by atoms with Crippen LogP contribution in [0.1, 0.15) is 10.4 Å². The zero-order chi connectivity index (χ0) is 17.7. The maximum Gasteiger partial charge on any atom is 0.387 e. The number of hydrogen-bond acceptors (Lipinski definition) is 3. The minimum Gasteiger partial charge on any atom is -0.435 e. The molecule has 0 aliphatic rings. The molecule has 0 fully saturated rings. The topological polar surface area (TPSA) is 67.6 Å². The summed E-state index contributed by atoms with van der Waals surface area (Å²) in [6.45, 7) is -2.93. The van der Waals surface area contributed by atoms with E-state index in [0.717, 1.165) is 0 Å². The van der Waals surface area contributed by atoms with E-state index in [1.165, 1.54) is 29.3 Å². The van der Waals surface area contributed by atoms with Crippen molar-refractivity contribution in [3.8, 4) is 5.75 Å². The number of thiocarbonyl (C=S) groups is 1. The second-order valence-electron chi connectivity index (χ2n) is 4.50. The van der Waals surface area contributed by atoms with Gasteiger partial charge in [-0.25, -0.2) is 5.01 Å². The van der Waals surface area contributed by atoms with Gasteiger partial charge >= 0.3 is 6.61 Å². The molecule has 9 heteroatoms. The van der Waals surface area contributed by atoms with Crippen LogP contribution < -0.4 is 20.9 Å². The number of nitrogens with one attached hydrogen (secondary N) is 1. The molecule has 2 aromatic rings. The summed E-state index contributed by atoms with van der Waals surface area (Å²) in [6.07, 6.45) is 0. The minimum absolute atomic E-state index is 0.0532.